The maximum absolute atomic E-state index is 12.1. The van der Waals surface area contributed by atoms with Gasteiger partial charge in [-0.05, 0) is 30.2 Å². The Morgan fingerprint density at radius 2 is 1.85 bits per heavy atom. The zero-order chi connectivity index (χ0) is 18.9. The van der Waals surface area contributed by atoms with Crippen molar-refractivity contribution in [3.63, 3.8) is 0 Å². The highest BCUT2D eigenvalue weighted by Crippen LogP contribution is 2.22. The van der Waals surface area contributed by atoms with Crippen molar-refractivity contribution in [2.75, 3.05) is 13.1 Å². The van der Waals surface area contributed by atoms with Gasteiger partial charge in [-0.2, -0.15) is 0 Å². The van der Waals surface area contributed by atoms with E-state index in [0.29, 0.717) is 18.5 Å². The number of H-pyrrole nitrogens is 1. The molecule has 3 N–H and O–H groups in total. The lowest BCUT2D eigenvalue weighted by Gasteiger charge is -2.04. The molecule has 8 heteroatoms. The third-order valence-electron chi connectivity index (χ3n) is 4.43. The van der Waals surface area contributed by atoms with Crippen molar-refractivity contribution < 1.29 is 13.2 Å². The zero-order valence-corrected chi connectivity index (χ0v) is 15.2. The molecule has 4 rings (SSSR count). The first-order valence-electron chi connectivity index (χ1n) is 8.53. The summed E-state index contributed by atoms with van der Waals surface area (Å²) >= 11 is 0. The summed E-state index contributed by atoms with van der Waals surface area (Å²) in [6.07, 6.45) is 2.64. The molecule has 1 aliphatic rings. The molecule has 7 nitrogen and oxygen atoms in total. The highest BCUT2D eigenvalue weighted by Gasteiger charge is 2.30. The van der Waals surface area contributed by atoms with Gasteiger partial charge in [-0.15, -0.1) is 0 Å². The number of benzene rings is 2. The number of carbonyl (C=O) groups is 1. The molecule has 2 heterocycles. The van der Waals surface area contributed by atoms with Crippen LogP contribution in [-0.2, 0) is 21.2 Å². The number of aliphatic imine (C=N–C) groups is 1. The normalized spacial score (nSPS) is 16.2. The number of rotatable bonds is 5. The van der Waals surface area contributed by atoms with Crippen LogP contribution < -0.4 is 10.0 Å². The molecule has 2 aromatic carbocycles. The summed E-state index contributed by atoms with van der Waals surface area (Å²) in [5.41, 5.74) is 2.69. The average Bonchev–Trinajstić information content (AvgIpc) is 3.19. The van der Waals surface area contributed by atoms with Crippen LogP contribution in [0.1, 0.15) is 11.1 Å². The maximum Gasteiger partial charge on any atom is 0.263 e. The Balaban J connectivity index is 1.36. The van der Waals surface area contributed by atoms with E-state index in [-0.39, 0.29) is 23.2 Å². The zero-order valence-electron chi connectivity index (χ0n) is 14.4. The molecule has 27 heavy (non-hydrogen) atoms. The van der Waals surface area contributed by atoms with Gasteiger partial charge >= 0.3 is 0 Å². The molecular weight excluding hydrogens is 364 g/mol. The van der Waals surface area contributed by atoms with Crippen LogP contribution in [0.15, 0.2) is 64.6 Å². The minimum atomic E-state index is -3.59. The molecule has 1 aromatic heterocycles. The third kappa shape index (κ3) is 3.43. The molecule has 0 saturated heterocycles. The Morgan fingerprint density at radius 3 is 2.74 bits per heavy atom. The number of amidine groups is 1. The number of fused-ring (bicyclic) bond motifs is 2. The lowest BCUT2D eigenvalue weighted by atomic mass is 10.1. The van der Waals surface area contributed by atoms with Crippen LogP contribution in [0.25, 0.3) is 10.9 Å². The summed E-state index contributed by atoms with van der Waals surface area (Å²) in [5, 5.41) is 3.96. The van der Waals surface area contributed by atoms with E-state index in [1.807, 2.05) is 30.5 Å². The lowest BCUT2D eigenvalue weighted by Crippen LogP contribution is -2.29. The summed E-state index contributed by atoms with van der Waals surface area (Å²) in [7, 11) is -3.59. The first-order valence-corrected chi connectivity index (χ1v) is 10.0. The Hall–Kier alpha value is -3.13. The molecule has 3 aromatic rings. The molecule has 1 aliphatic heterocycles. The summed E-state index contributed by atoms with van der Waals surface area (Å²) in [6, 6.07) is 14.6. The Labute approximate surface area is 156 Å². The standard InChI is InChI=1S/C19H18N4O3S/c24-18(20-10-9-13-11-21-16-7-3-1-5-14(13)16)12-22-19-15-6-2-4-8-17(15)27(25,26)23-19/h1-8,11,21H,9-10,12H2,(H,20,24)(H,22,23). The summed E-state index contributed by atoms with van der Waals surface area (Å²) in [4.78, 5) is 19.6. The molecule has 0 radical (unpaired) electrons. The van der Waals surface area contributed by atoms with E-state index < -0.39 is 10.0 Å². The fourth-order valence-electron chi connectivity index (χ4n) is 3.13. The molecular formula is C19H18N4O3S. The van der Waals surface area contributed by atoms with Gasteiger partial charge in [-0.1, -0.05) is 30.3 Å². The second-order valence-electron chi connectivity index (χ2n) is 6.23. The van der Waals surface area contributed by atoms with Crippen molar-refractivity contribution in [2.45, 2.75) is 11.3 Å². The monoisotopic (exact) mass is 382 g/mol. The first kappa shape index (κ1) is 17.3. The van der Waals surface area contributed by atoms with Gasteiger partial charge in [0.2, 0.25) is 5.91 Å². The lowest BCUT2D eigenvalue weighted by molar-refractivity contribution is -0.119. The molecule has 1 amide bonds. The fourth-order valence-corrected chi connectivity index (χ4v) is 4.38. The van der Waals surface area contributed by atoms with Gasteiger partial charge in [0.1, 0.15) is 12.4 Å². The Kier molecular flexibility index (Phi) is 4.41. The van der Waals surface area contributed by atoms with E-state index in [1.54, 1.807) is 18.2 Å². The van der Waals surface area contributed by atoms with Gasteiger partial charge in [0.15, 0.2) is 0 Å². The van der Waals surface area contributed by atoms with Gasteiger partial charge in [-0.3, -0.25) is 14.5 Å². The van der Waals surface area contributed by atoms with Crippen LogP contribution >= 0.6 is 0 Å². The fraction of sp³-hybridized carbons (Fsp3) is 0.158. The molecule has 0 fully saturated rings. The summed E-state index contributed by atoms with van der Waals surface area (Å²) in [5.74, 6) is -0.0525. The molecule has 138 valence electrons. The molecule has 0 aliphatic carbocycles. The van der Waals surface area contributed by atoms with Crippen molar-refractivity contribution in [3.05, 3.63) is 65.9 Å². The van der Waals surface area contributed by atoms with Gasteiger partial charge in [0, 0.05) is 29.2 Å². The molecule has 0 spiro atoms. The Bertz CT molecular complexity index is 1150. The molecule has 0 atom stereocenters. The second-order valence-corrected chi connectivity index (χ2v) is 7.88. The van der Waals surface area contributed by atoms with Crippen LogP contribution in [0, 0.1) is 0 Å². The minimum Gasteiger partial charge on any atom is -0.361 e. The van der Waals surface area contributed by atoms with E-state index in [4.69, 9.17) is 0 Å². The SMILES string of the molecule is O=C(CN=C1NS(=O)(=O)c2ccccc21)NCCc1c[nH]c2ccccc12. The predicted octanol–water partition coefficient (Wildman–Crippen LogP) is 1.57. The number of hydrogen-bond donors (Lipinski definition) is 3. The van der Waals surface area contributed by atoms with Crippen LogP contribution in [0.3, 0.4) is 0 Å². The van der Waals surface area contributed by atoms with Crippen LogP contribution in [-0.4, -0.2) is 38.2 Å². The van der Waals surface area contributed by atoms with Gasteiger partial charge in [0.25, 0.3) is 10.0 Å². The van der Waals surface area contributed by atoms with E-state index in [2.05, 4.69) is 20.0 Å². The number of sulfonamides is 1. The van der Waals surface area contributed by atoms with E-state index in [9.17, 15) is 13.2 Å². The van der Waals surface area contributed by atoms with Gasteiger partial charge < -0.3 is 10.3 Å². The van der Waals surface area contributed by atoms with Crippen LogP contribution in [0.5, 0.6) is 0 Å². The number of aromatic amines is 1. The topological polar surface area (TPSA) is 103 Å². The number of hydrogen-bond acceptors (Lipinski definition) is 4. The van der Waals surface area contributed by atoms with Crippen molar-refractivity contribution >= 4 is 32.7 Å². The van der Waals surface area contributed by atoms with Crippen LogP contribution in [0.2, 0.25) is 0 Å². The smallest absolute Gasteiger partial charge is 0.263 e. The largest absolute Gasteiger partial charge is 0.361 e. The second kappa shape index (κ2) is 6.88. The quantitative estimate of drug-likeness (QED) is 0.624. The molecule has 0 bridgehead atoms. The van der Waals surface area contributed by atoms with Gasteiger partial charge in [-0.25, -0.2) is 8.42 Å². The average molecular weight is 382 g/mol. The molecule has 0 unspecified atom stereocenters. The summed E-state index contributed by atoms with van der Waals surface area (Å²) < 4.78 is 26.4. The first-order chi connectivity index (χ1) is 13.0. The van der Waals surface area contributed by atoms with E-state index in [1.165, 1.54) is 6.07 Å². The summed E-state index contributed by atoms with van der Waals surface area (Å²) in [6.45, 7) is 0.341. The Morgan fingerprint density at radius 1 is 1.07 bits per heavy atom. The molecule has 0 saturated carbocycles. The highest BCUT2D eigenvalue weighted by molar-refractivity contribution is 7.90. The van der Waals surface area contributed by atoms with Crippen molar-refractivity contribution in [1.29, 1.82) is 0 Å². The number of nitrogens with one attached hydrogen (secondary N) is 3. The van der Waals surface area contributed by atoms with E-state index in [0.717, 1.165) is 16.5 Å². The predicted molar refractivity (Wildman–Crippen MR) is 103 cm³/mol. The number of aromatic nitrogens is 1. The van der Waals surface area contributed by atoms with Crippen LogP contribution in [0.4, 0.5) is 0 Å². The van der Waals surface area contributed by atoms with Gasteiger partial charge in [0.05, 0.1) is 4.90 Å². The van der Waals surface area contributed by atoms with Crippen molar-refractivity contribution in [2.24, 2.45) is 4.99 Å². The third-order valence-corrected chi connectivity index (χ3v) is 5.83. The minimum absolute atomic E-state index is 0.139. The maximum atomic E-state index is 12.1. The number of carbonyl (C=O) groups excluding carboxylic acids is 1. The van der Waals surface area contributed by atoms with Crippen molar-refractivity contribution in [1.82, 2.24) is 15.0 Å². The van der Waals surface area contributed by atoms with Crippen molar-refractivity contribution in [3.8, 4) is 0 Å². The number of para-hydroxylation sites is 1. The number of amides is 1. The highest BCUT2D eigenvalue weighted by atomic mass is 32.2. The number of nitrogens with zero attached hydrogens (tertiary/aromatic N) is 1. The van der Waals surface area contributed by atoms with E-state index >= 15 is 0 Å².